The second kappa shape index (κ2) is 9.16. The number of piperazine rings is 1. The van der Waals surface area contributed by atoms with Gasteiger partial charge >= 0.3 is 0 Å². The van der Waals surface area contributed by atoms with Crippen LogP contribution in [0, 0.1) is 10.1 Å². The summed E-state index contributed by atoms with van der Waals surface area (Å²) in [7, 11) is 3.25. The van der Waals surface area contributed by atoms with Gasteiger partial charge in [-0.05, 0) is 12.1 Å². The highest BCUT2D eigenvalue weighted by Crippen LogP contribution is 2.30. The fraction of sp³-hybridized carbons (Fsp3) is 0.500. The molecule has 0 atom stereocenters. The summed E-state index contributed by atoms with van der Waals surface area (Å²) in [5.74, 6) is -0.608. The summed E-state index contributed by atoms with van der Waals surface area (Å²) in [6.07, 6.45) is 0.152. The molecule has 3 amide bonds. The van der Waals surface area contributed by atoms with Crippen LogP contribution in [0.5, 0.6) is 0 Å². The van der Waals surface area contributed by atoms with E-state index in [2.05, 4.69) is 5.32 Å². The molecule has 0 aromatic heterocycles. The highest BCUT2D eigenvalue weighted by atomic mass is 16.6. The van der Waals surface area contributed by atoms with Crippen molar-refractivity contribution in [2.24, 2.45) is 0 Å². The molecule has 1 aliphatic rings. The maximum atomic E-state index is 12.3. The van der Waals surface area contributed by atoms with Crippen molar-refractivity contribution < 1.29 is 19.3 Å². The Labute approximate surface area is 163 Å². The van der Waals surface area contributed by atoms with E-state index in [-0.39, 0.29) is 36.0 Å². The van der Waals surface area contributed by atoms with Crippen molar-refractivity contribution in [2.45, 2.75) is 13.3 Å². The highest BCUT2D eigenvalue weighted by molar-refractivity contribution is 5.96. The van der Waals surface area contributed by atoms with Gasteiger partial charge in [0.15, 0.2) is 0 Å². The maximum absolute atomic E-state index is 12.3. The van der Waals surface area contributed by atoms with Gasteiger partial charge in [-0.3, -0.25) is 24.5 Å². The minimum absolute atomic E-state index is 0.0195. The van der Waals surface area contributed by atoms with Gasteiger partial charge in [0, 0.05) is 71.8 Å². The first-order chi connectivity index (χ1) is 13.2. The molecule has 1 aliphatic heterocycles. The Morgan fingerprint density at radius 2 is 1.82 bits per heavy atom. The van der Waals surface area contributed by atoms with Crippen LogP contribution in [0.3, 0.4) is 0 Å². The summed E-state index contributed by atoms with van der Waals surface area (Å²) in [4.78, 5) is 51.2. The van der Waals surface area contributed by atoms with E-state index in [4.69, 9.17) is 0 Å². The quantitative estimate of drug-likeness (QED) is 0.557. The first-order valence-corrected chi connectivity index (χ1v) is 8.98. The second-order valence-corrected chi connectivity index (χ2v) is 6.75. The molecule has 1 N–H and O–H groups in total. The molecular weight excluding hydrogens is 366 g/mol. The van der Waals surface area contributed by atoms with E-state index in [0.717, 1.165) is 0 Å². The third-order valence-electron chi connectivity index (χ3n) is 4.62. The Bertz CT molecular complexity index is 772. The predicted octanol–water partition coefficient (Wildman–Crippen LogP) is 0.471. The van der Waals surface area contributed by atoms with Gasteiger partial charge in [-0.15, -0.1) is 0 Å². The molecule has 0 bridgehead atoms. The summed E-state index contributed by atoms with van der Waals surface area (Å²) in [5, 5.41) is 14.1. The Kier molecular flexibility index (Phi) is 6.91. The predicted molar refractivity (Wildman–Crippen MR) is 103 cm³/mol. The van der Waals surface area contributed by atoms with Crippen LogP contribution in [0.15, 0.2) is 18.2 Å². The van der Waals surface area contributed by atoms with Crippen molar-refractivity contribution >= 4 is 29.1 Å². The zero-order valence-electron chi connectivity index (χ0n) is 16.3. The van der Waals surface area contributed by atoms with Gasteiger partial charge in [0.2, 0.25) is 11.8 Å². The number of hydrogen-bond acceptors (Lipinski definition) is 6. The standard InChI is InChI=1S/C18H25N5O5/c1-13(24)21-8-10-22(11-9-21)15-5-4-14(12-16(15)23(27)28)18(26)19-7-6-17(25)20(2)3/h4-5,12H,6-11H2,1-3H3,(H,19,26). The molecule has 152 valence electrons. The lowest BCUT2D eigenvalue weighted by atomic mass is 10.1. The topological polar surface area (TPSA) is 116 Å². The van der Waals surface area contributed by atoms with E-state index in [0.29, 0.717) is 31.9 Å². The molecule has 10 nitrogen and oxygen atoms in total. The van der Waals surface area contributed by atoms with Crippen molar-refractivity contribution in [1.29, 1.82) is 0 Å². The molecule has 1 fully saturated rings. The van der Waals surface area contributed by atoms with Crippen LogP contribution in [-0.2, 0) is 9.59 Å². The highest BCUT2D eigenvalue weighted by Gasteiger charge is 2.25. The molecule has 0 radical (unpaired) electrons. The van der Waals surface area contributed by atoms with Gasteiger partial charge in [-0.1, -0.05) is 0 Å². The minimum atomic E-state index is -0.515. The Morgan fingerprint density at radius 3 is 2.36 bits per heavy atom. The minimum Gasteiger partial charge on any atom is -0.362 e. The number of nitrogens with zero attached hydrogens (tertiary/aromatic N) is 4. The van der Waals surface area contributed by atoms with Gasteiger partial charge in [-0.25, -0.2) is 0 Å². The van der Waals surface area contributed by atoms with Crippen molar-refractivity contribution in [3.63, 3.8) is 0 Å². The van der Waals surface area contributed by atoms with Gasteiger partial charge in [0.05, 0.1) is 4.92 Å². The first kappa shape index (κ1) is 21.1. The van der Waals surface area contributed by atoms with E-state index < -0.39 is 10.8 Å². The molecule has 1 aromatic carbocycles. The molecular formula is C18H25N5O5. The number of nitro benzene ring substituents is 1. The normalized spacial score (nSPS) is 13.8. The van der Waals surface area contributed by atoms with Crippen LogP contribution in [0.4, 0.5) is 11.4 Å². The van der Waals surface area contributed by atoms with E-state index in [9.17, 15) is 24.5 Å². The van der Waals surface area contributed by atoms with Crippen LogP contribution in [0.25, 0.3) is 0 Å². The molecule has 0 aliphatic carbocycles. The van der Waals surface area contributed by atoms with E-state index >= 15 is 0 Å². The van der Waals surface area contributed by atoms with Crippen LogP contribution in [0.2, 0.25) is 0 Å². The lowest BCUT2D eigenvalue weighted by Gasteiger charge is -2.35. The van der Waals surface area contributed by atoms with Crippen LogP contribution >= 0.6 is 0 Å². The van der Waals surface area contributed by atoms with Crippen LogP contribution in [0.1, 0.15) is 23.7 Å². The monoisotopic (exact) mass is 391 g/mol. The molecule has 1 saturated heterocycles. The molecule has 10 heteroatoms. The average Bonchev–Trinajstić information content (AvgIpc) is 2.67. The fourth-order valence-corrected chi connectivity index (χ4v) is 2.95. The largest absolute Gasteiger partial charge is 0.362 e. The smallest absolute Gasteiger partial charge is 0.293 e. The average molecular weight is 391 g/mol. The summed E-state index contributed by atoms with van der Waals surface area (Å²) in [6, 6.07) is 4.33. The van der Waals surface area contributed by atoms with Crippen molar-refractivity contribution in [1.82, 2.24) is 15.1 Å². The molecule has 28 heavy (non-hydrogen) atoms. The molecule has 1 heterocycles. The van der Waals surface area contributed by atoms with Crippen molar-refractivity contribution in [2.75, 3.05) is 51.7 Å². The Morgan fingerprint density at radius 1 is 1.18 bits per heavy atom. The summed E-state index contributed by atoms with van der Waals surface area (Å²) >= 11 is 0. The number of nitro groups is 1. The number of carbonyl (C=O) groups is 3. The number of carbonyl (C=O) groups excluding carboxylic acids is 3. The maximum Gasteiger partial charge on any atom is 0.293 e. The van der Waals surface area contributed by atoms with Crippen LogP contribution < -0.4 is 10.2 Å². The first-order valence-electron chi connectivity index (χ1n) is 8.98. The summed E-state index contributed by atoms with van der Waals surface area (Å²) in [5.41, 5.74) is 0.427. The zero-order chi connectivity index (χ0) is 20.8. The number of hydrogen-bond donors (Lipinski definition) is 1. The van der Waals surface area contributed by atoms with Gasteiger partial charge in [0.25, 0.3) is 11.6 Å². The summed E-state index contributed by atoms with van der Waals surface area (Å²) < 4.78 is 0. The number of amides is 3. The second-order valence-electron chi connectivity index (χ2n) is 6.75. The molecule has 2 rings (SSSR count). The number of rotatable bonds is 6. The SMILES string of the molecule is CC(=O)N1CCN(c2ccc(C(=O)NCCC(=O)N(C)C)cc2[N+](=O)[O-])CC1. The molecule has 1 aromatic rings. The van der Waals surface area contributed by atoms with E-state index in [1.54, 1.807) is 25.1 Å². The lowest BCUT2D eigenvalue weighted by Crippen LogP contribution is -2.48. The van der Waals surface area contributed by atoms with Crippen molar-refractivity contribution in [3.8, 4) is 0 Å². The van der Waals surface area contributed by atoms with Gasteiger partial charge in [-0.2, -0.15) is 0 Å². The van der Waals surface area contributed by atoms with E-state index in [1.807, 2.05) is 4.90 Å². The molecule has 0 saturated carbocycles. The van der Waals surface area contributed by atoms with Crippen LogP contribution in [-0.4, -0.2) is 79.3 Å². The Balaban J connectivity index is 2.08. The van der Waals surface area contributed by atoms with Crippen molar-refractivity contribution in [3.05, 3.63) is 33.9 Å². The molecule has 0 unspecified atom stereocenters. The van der Waals surface area contributed by atoms with Gasteiger partial charge in [0.1, 0.15) is 5.69 Å². The van der Waals surface area contributed by atoms with Gasteiger partial charge < -0.3 is 20.0 Å². The third-order valence-corrected chi connectivity index (χ3v) is 4.62. The molecule has 0 spiro atoms. The number of anilines is 1. The zero-order valence-corrected chi connectivity index (χ0v) is 16.3. The fourth-order valence-electron chi connectivity index (χ4n) is 2.95. The summed E-state index contributed by atoms with van der Waals surface area (Å²) in [6.45, 7) is 3.61. The van der Waals surface area contributed by atoms with E-state index in [1.165, 1.54) is 24.0 Å². The Hall–Kier alpha value is -3.17. The lowest BCUT2D eigenvalue weighted by molar-refractivity contribution is -0.384. The number of benzene rings is 1. The third kappa shape index (κ3) is 5.18. The number of nitrogens with one attached hydrogen (secondary N) is 1.